The van der Waals surface area contributed by atoms with Gasteiger partial charge in [-0.25, -0.2) is 0 Å². The first-order valence-electron chi connectivity index (χ1n) is 7.40. The molecule has 0 aliphatic heterocycles. The Morgan fingerprint density at radius 2 is 1.84 bits per heavy atom. The van der Waals surface area contributed by atoms with Crippen molar-refractivity contribution >= 4 is 0 Å². The van der Waals surface area contributed by atoms with Gasteiger partial charge in [-0.3, -0.25) is 0 Å². The number of nitrogens with two attached hydrogens (primary N) is 1. The zero-order valence-corrected chi connectivity index (χ0v) is 12.8. The Morgan fingerprint density at radius 1 is 1.21 bits per heavy atom. The Bertz CT molecular complexity index is 441. The average molecular weight is 261 g/mol. The van der Waals surface area contributed by atoms with Gasteiger partial charge in [-0.15, -0.1) is 0 Å². The first-order valence-corrected chi connectivity index (χ1v) is 7.40. The van der Waals surface area contributed by atoms with Crippen LogP contribution in [0.15, 0.2) is 18.2 Å². The van der Waals surface area contributed by atoms with Crippen molar-refractivity contribution in [2.24, 2.45) is 11.1 Å². The summed E-state index contributed by atoms with van der Waals surface area (Å²) in [6, 6.07) is 6.46. The predicted molar refractivity (Wildman–Crippen MR) is 80.7 cm³/mol. The molecule has 0 aromatic heterocycles. The van der Waals surface area contributed by atoms with Crippen molar-refractivity contribution in [2.45, 2.75) is 51.9 Å². The quantitative estimate of drug-likeness (QED) is 0.875. The maximum atomic E-state index is 6.15. The minimum atomic E-state index is 0.128. The van der Waals surface area contributed by atoms with E-state index in [-0.39, 0.29) is 5.41 Å². The van der Waals surface area contributed by atoms with Crippen molar-refractivity contribution in [3.63, 3.8) is 0 Å². The summed E-state index contributed by atoms with van der Waals surface area (Å²) in [6.45, 7) is 7.46. The molecule has 2 nitrogen and oxygen atoms in total. The highest BCUT2D eigenvalue weighted by atomic mass is 16.5. The van der Waals surface area contributed by atoms with Gasteiger partial charge in [0.1, 0.15) is 5.75 Å². The number of benzene rings is 1. The standard InChI is InChI=1S/C17H27NO/c1-5-16(6-2)10-17(11-16,12-18)14-9-13(3)7-8-15(14)19-4/h7-9H,5-6,10-12,18H2,1-4H3. The molecule has 0 saturated heterocycles. The molecule has 1 aliphatic carbocycles. The molecule has 1 aromatic rings. The van der Waals surface area contributed by atoms with Crippen LogP contribution in [0.5, 0.6) is 5.75 Å². The van der Waals surface area contributed by atoms with Crippen molar-refractivity contribution in [1.29, 1.82) is 0 Å². The van der Waals surface area contributed by atoms with Crippen LogP contribution in [0.3, 0.4) is 0 Å². The van der Waals surface area contributed by atoms with Crippen LogP contribution in [-0.4, -0.2) is 13.7 Å². The highest BCUT2D eigenvalue weighted by molar-refractivity contribution is 5.45. The molecule has 1 saturated carbocycles. The lowest BCUT2D eigenvalue weighted by Crippen LogP contribution is -2.53. The third-order valence-corrected chi connectivity index (χ3v) is 5.24. The second-order valence-electron chi connectivity index (χ2n) is 6.25. The number of hydrogen-bond acceptors (Lipinski definition) is 2. The van der Waals surface area contributed by atoms with Crippen molar-refractivity contribution in [3.05, 3.63) is 29.3 Å². The number of ether oxygens (including phenoxy) is 1. The van der Waals surface area contributed by atoms with Gasteiger partial charge in [0.05, 0.1) is 7.11 Å². The Morgan fingerprint density at radius 3 is 2.32 bits per heavy atom. The lowest BCUT2D eigenvalue weighted by molar-refractivity contribution is 0.0169. The molecule has 2 rings (SSSR count). The second-order valence-corrected chi connectivity index (χ2v) is 6.25. The van der Waals surface area contributed by atoms with Crippen LogP contribution >= 0.6 is 0 Å². The van der Waals surface area contributed by atoms with Crippen molar-refractivity contribution in [1.82, 2.24) is 0 Å². The lowest BCUT2D eigenvalue weighted by atomic mass is 9.48. The lowest BCUT2D eigenvalue weighted by Gasteiger charge is -2.56. The summed E-state index contributed by atoms with van der Waals surface area (Å²) in [7, 11) is 1.75. The molecular weight excluding hydrogens is 234 g/mol. The molecule has 2 N–H and O–H groups in total. The monoisotopic (exact) mass is 261 g/mol. The number of aryl methyl sites for hydroxylation is 1. The zero-order chi connectivity index (χ0) is 14.1. The van der Waals surface area contributed by atoms with Crippen LogP contribution in [0.1, 0.15) is 50.7 Å². The molecule has 0 atom stereocenters. The highest BCUT2D eigenvalue weighted by Crippen LogP contribution is 2.60. The minimum Gasteiger partial charge on any atom is -0.496 e. The molecule has 0 amide bonds. The van der Waals surface area contributed by atoms with Crippen LogP contribution in [0.25, 0.3) is 0 Å². The van der Waals surface area contributed by atoms with Crippen LogP contribution < -0.4 is 10.5 Å². The summed E-state index contributed by atoms with van der Waals surface area (Å²) in [6.07, 6.45) is 4.89. The Kier molecular flexibility index (Phi) is 3.91. The molecule has 1 aromatic carbocycles. The molecule has 0 heterocycles. The molecule has 106 valence electrons. The molecule has 19 heavy (non-hydrogen) atoms. The van der Waals surface area contributed by atoms with Crippen molar-refractivity contribution < 1.29 is 4.74 Å². The van der Waals surface area contributed by atoms with E-state index in [9.17, 15) is 0 Å². The Labute approximate surface area is 117 Å². The van der Waals surface area contributed by atoms with Gasteiger partial charge in [0.25, 0.3) is 0 Å². The summed E-state index contributed by atoms with van der Waals surface area (Å²) in [5.41, 5.74) is 9.37. The summed E-state index contributed by atoms with van der Waals surface area (Å²) in [5, 5.41) is 0. The van der Waals surface area contributed by atoms with Gasteiger partial charge in [-0.1, -0.05) is 44.4 Å². The number of rotatable bonds is 5. The fourth-order valence-electron chi connectivity index (χ4n) is 3.81. The number of hydrogen-bond donors (Lipinski definition) is 1. The molecular formula is C17H27NO. The van der Waals surface area contributed by atoms with Crippen LogP contribution in [0.2, 0.25) is 0 Å². The minimum absolute atomic E-state index is 0.128. The molecule has 0 radical (unpaired) electrons. The summed E-state index contributed by atoms with van der Waals surface area (Å²) in [4.78, 5) is 0. The maximum Gasteiger partial charge on any atom is 0.122 e. The van der Waals surface area contributed by atoms with Gasteiger partial charge >= 0.3 is 0 Å². The van der Waals surface area contributed by atoms with Crippen LogP contribution in [-0.2, 0) is 5.41 Å². The Hall–Kier alpha value is -1.02. The van der Waals surface area contributed by atoms with Crippen molar-refractivity contribution in [2.75, 3.05) is 13.7 Å². The first kappa shape index (κ1) is 14.4. The molecule has 1 aliphatic rings. The summed E-state index contributed by atoms with van der Waals surface area (Å²) >= 11 is 0. The second kappa shape index (κ2) is 5.16. The molecule has 1 fully saturated rings. The predicted octanol–water partition coefficient (Wildman–Crippen LogP) is 3.80. The molecule has 0 bridgehead atoms. The first-order chi connectivity index (χ1) is 9.04. The van der Waals surface area contributed by atoms with Gasteiger partial charge in [-0.2, -0.15) is 0 Å². The molecule has 2 heteroatoms. The zero-order valence-electron chi connectivity index (χ0n) is 12.8. The van der Waals surface area contributed by atoms with E-state index >= 15 is 0 Å². The Balaban J connectivity index is 2.37. The maximum absolute atomic E-state index is 6.15. The van der Waals surface area contributed by atoms with Gasteiger partial charge in [0, 0.05) is 17.5 Å². The van der Waals surface area contributed by atoms with Gasteiger partial charge < -0.3 is 10.5 Å². The van der Waals surface area contributed by atoms with Gasteiger partial charge in [0.15, 0.2) is 0 Å². The molecule has 0 spiro atoms. The van der Waals surface area contributed by atoms with Gasteiger partial charge in [0.2, 0.25) is 0 Å². The third-order valence-electron chi connectivity index (χ3n) is 5.24. The molecule has 0 unspecified atom stereocenters. The highest BCUT2D eigenvalue weighted by Gasteiger charge is 2.53. The topological polar surface area (TPSA) is 35.2 Å². The SMILES string of the molecule is CCC1(CC)CC(CN)(c2cc(C)ccc2OC)C1. The summed E-state index contributed by atoms with van der Waals surface area (Å²) < 4.78 is 5.56. The van der Waals surface area contributed by atoms with E-state index < -0.39 is 0 Å². The smallest absolute Gasteiger partial charge is 0.122 e. The summed E-state index contributed by atoms with van der Waals surface area (Å²) in [5.74, 6) is 0.997. The van der Waals surface area contributed by atoms with Crippen molar-refractivity contribution in [3.8, 4) is 5.75 Å². The number of methoxy groups -OCH3 is 1. The van der Waals surface area contributed by atoms with E-state index in [0.717, 1.165) is 5.75 Å². The van der Waals surface area contributed by atoms with Gasteiger partial charge in [-0.05, 0) is 31.2 Å². The fourth-order valence-corrected chi connectivity index (χ4v) is 3.81. The van der Waals surface area contributed by atoms with Crippen LogP contribution in [0, 0.1) is 12.3 Å². The fraction of sp³-hybridized carbons (Fsp3) is 0.647. The average Bonchev–Trinajstić information content (AvgIpc) is 2.40. The largest absolute Gasteiger partial charge is 0.496 e. The third kappa shape index (κ3) is 2.27. The normalized spacial score (nSPS) is 19.8. The van der Waals surface area contributed by atoms with Crippen LogP contribution in [0.4, 0.5) is 0 Å². The van der Waals surface area contributed by atoms with E-state index in [1.165, 1.54) is 36.8 Å². The van der Waals surface area contributed by atoms with E-state index in [4.69, 9.17) is 10.5 Å². The van der Waals surface area contributed by atoms with E-state index in [1.807, 2.05) is 0 Å². The van der Waals surface area contributed by atoms with E-state index in [2.05, 4.69) is 39.0 Å². The van der Waals surface area contributed by atoms with E-state index in [0.29, 0.717) is 12.0 Å². The van der Waals surface area contributed by atoms with E-state index in [1.54, 1.807) is 7.11 Å².